The third-order valence-electron chi connectivity index (χ3n) is 4.75. The topological polar surface area (TPSA) is 49.4 Å². The lowest BCUT2D eigenvalue weighted by Crippen LogP contribution is -2.50. The van der Waals surface area contributed by atoms with Gasteiger partial charge in [0.1, 0.15) is 11.9 Å². The fourth-order valence-electron chi connectivity index (χ4n) is 3.18. The van der Waals surface area contributed by atoms with Crippen LogP contribution in [0.4, 0.5) is 4.39 Å². The SMILES string of the molecule is CCNC(=O)C(CC)N(CCc1ccccc1)C(=O)CSCc1c(F)cccc1Cl. The monoisotopic (exact) mass is 450 g/mol. The summed E-state index contributed by atoms with van der Waals surface area (Å²) < 4.78 is 14.0. The maximum atomic E-state index is 14.0. The summed E-state index contributed by atoms with van der Waals surface area (Å²) in [5.74, 6) is -0.223. The molecule has 0 aliphatic rings. The van der Waals surface area contributed by atoms with E-state index in [9.17, 15) is 14.0 Å². The lowest BCUT2D eigenvalue weighted by molar-refractivity contribution is -0.138. The highest BCUT2D eigenvalue weighted by molar-refractivity contribution is 7.99. The van der Waals surface area contributed by atoms with Crippen LogP contribution in [0.1, 0.15) is 31.4 Å². The molecule has 0 radical (unpaired) electrons. The predicted octanol–water partition coefficient (Wildman–Crippen LogP) is 4.70. The van der Waals surface area contributed by atoms with Gasteiger partial charge in [0.25, 0.3) is 0 Å². The number of carbonyl (C=O) groups excluding carboxylic acids is 2. The van der Waals surface area contributed by atoms with E-state index in [4.69, 9.17) is 11.6 Å². The van der Waals surface area contributed by atoms with Gasteiger partial charge in [0.15, 0.2) is 0 Å². The molecule has 162 valence electrons. The Morgan fingerprint density at radius 2 is 1.87 bits per heavy atom. The third-order valence-corrected chi connectivity index (χ3v) is 6.05. The number of rotatable bonds is 11. The molecule has 30 heavy (non-hydrogen) atoms. The Balaban J connectivity index is 2.07. The molecule has 1 N–H and O–H groups in total. The van der Waals surface area contributed by atoms with Crippen molar-refractivity contribution < 1.29 is 14.0 Å². The van der Waals surface area contributed by atoms with Gasteiger partial charge in [-0.25, -0.2) is 4.39 Å². The van der Waals surface area contributed by atoms with Crippen LogP contribution in [0, 0.1) is 5.82 Å². The molecule has 0 aliphatic heterocycles. The summed E-state index contributed by atoms with van der Waals surface area (Å²) in [4.78, 5) is 27.2. The molecule has 0 aromatic heterocycles. The second-order valence-electron chi connectivity index (χ2n) is 6.83. The Morgan fingerprint density at radius 3 is 2.50 bits per heavy atom. The van der Waals surface area contributed by atoms with E-state index < -0.39 is 6.04 Å². The average molecular weight is 451 g/mol. The first-order chi connectivity index (χ1) is 14.5. The van der Waals surface area contributed by atoms with Gasteiger partial charge in [0.05, 0.1) is 5.75 Å². The summed E-state index contributed by atoms with van der Waals surface area (Å²) in [5.41, 5.74) is 1.50. The normalized spacial score (nSPS) is 11.7. The van der Waals surface area contributed by atoms with E-state index in [0.29, 0.717) is 42.3 Å². The van der Waals surface area contributed by atoms with Crippen molar-refractivity contribution in [2.24, 2.45) is 0 Å². The molecule has 2 rings (SSSR count). The average Bonchev–Trinajstić information content (AvgIpc) is 2.74. The van der Waals surface area contributed by atoms with E-state index in [1.807, 2.05) is 44.2 Å². The van der Waals surface area contributed by atoms with Crippen LogP contribution in [0.15, 0.2) is 48.5 Å². The Morgan fingerprint density at radius 1 is 1.13 bits per heavy atom. The Labute approximate surface area is 187 Å². The zero-order valence-electron chi connectivity index (χ0n) is 17.4. The van der Waals surface area contributed by atoms with Crippen molar-refractivity contribution >= 4 is 35.2 Å². The standard InChI is InChI=1S/C23H28ClFN2O2S/c1-3-21(23(29)26-4-2)27(14-13-17-9-6-5-7-10-17)22(28)16-30-15-18-19(24)11-8-12-20(18)25/h5-12,21H,3-4,13-16H2,1-2H3,(H,26,29). The lowest BCUT2D eigenvalue weighted by Gasteiger charge is -2.30. The first kappa shape index (κ1) is 24.2. The number of carbonyl (C=O) groups is 2. The number of hydrogen-bond acceptors (Lipinski definition) is 3. The van der Waals surface area contributed by atoms with Crippen LogP contribution in [-0.4, -0.2) is 41.6 Å². The molecule has 1 atom stereocenters. The van der Waals surface area contributed by atoms with Gasteiger partial charge in [0.2, 0.25) is 11.8 Å². The van der Waals surface area contributed by atoms with Gasteiger partial charge < -0.3 is 10.2 Å². The second-order valence-corrected chi connectivity index (χ2v) is 8.23. The van der Waals surface area contributed by atoms with Crippen LogP contribution >= 0.6 is 23.4 Å². The molecule has 2 aromatic rings. The van der Waals surface area contributed by atoms with E-state index in [1.165, 1.54) is 17.8 Å². The van der Waals surface area contributed by atoms with Crippen molar-refractivity contribution in [2.45, 2.75) is 38.5 Å². The fraction of sp³-hybridized carbons (Fsp3) is 0.391. The first-order valence-electron chi connectivity index (χ1n) is 10.1. The van der Waals surface area contributed by atoms with E-state index in [0.717, 1.165) is 5.56 Å². The summed E-state index contributed by atoms with van der Waals surface area (Å²) in [6, 6.07) is 13.9. The number of thioether (sulfide) groups is 1. The second kappa shape index (κ2) is 12.6. The molecule has 0 bridgehead atoms. The van der Waals surface area contributed by atoms with E-state index in [1.54, 1.807) is 17.0 Å². The maximum Gasteiger partial charge on any atom is 0.242 e. The summed E-state index contributed by atoms with van der Waals surface area (Å²) in [6.45, 7) is 4.71. The minimum Gasteiger partial charge on any atom is -0.355 e. The van der Waals surface area contributed by atoms with Crippen molar-refractivity contribution in [1.29, 1.82) is 0 Å². The van der Waals surface area contributed by atoms with Gasteiger partial charge in [-0.3, -0.25) is 9.59 Å². The maximum absolute atomic E-state index is 14.0. The first-order valence-corrected chi connectivity index (χ1v) is 11.6. The Hall–Kier alpha value is -2.05. The van der Waals surface area contributed by atoms with E-state index in [-0.39, 0.29) is 23.4 Å². The molecule has 0 heterocycles. The molecular formula is C23H28ClFN2O2S. The Kier molecular flexibility index (Phi) is 10.2. The molecule has 7 heteroatoms. The van der Waals surface area contributed by atoms with E-state index in [2.05, 4.69) is 5.32 Å². The number of likely N-dealkylation sites (N-methyl/N-ethyl adjacent to an activating group) is 1. The summed E-state index contributed by atoms with van der Waals surface area (Å²) >= 11 is 7.37. The van der Waals surface area contributed by atoms with Gasteiger partial charge in [-0.2, -0.15) is 0 Å². The van der Waals surface area contributed by atoms with E-state index >= 15 is 0 Å². The highest BCUT2D eigenvalue weighted by atomic mass is 35.5. The van der Waals surface area contributed by atoms with Crippen molar-refractivity contribution in [2.75, 3.05) is 18.8 Å². The van der Waals surface area contributed by atoms with Crippen LogP contribution in [0.3, 0.4) is 0 Å². The molecule has 0 spiro atoms. The van der Waals surface area contributed by atoms with Crippen molar-refractivity contribution in [3.05, 3.63) is 70.5 Å². The van der Waals surface area contributed by atoms with Crippen molar-refractivity contribution in [3.8, 4) is 0 Å². The lowest BCUT2D eigenvalue weighted by atomic mass is 10.1. The van der Waals surface area contributed by atoms with Crippen LogP contribution < -0.4 is 5.32 Å². The number of hydrogen-bond donors (Lipinski definition) is 1. The minimum absolute atomic E-state index is 0.138. The van der Waals surface area contributed by atoms with Gasteiger partial charge in [0, 0.05) is 29.4 Å². The molecule has 0 saturated heterocycles. The van der Waals surface area contributed by atoms with Crippen LogP contribution in [0.5, 0.6) is 0 Å². The molecule has 4 nitrogen and oxygen atoms in total. The molecular weight excluding hydrogens is 423 g/mol. The predicted molar refractivity (Wildman–Crippen MR) is 122 cm³/mol. The van der Waals surface area contributed by atoms with Gasteiger partial charge in [-0.05, 0) is 37.5 Å². The summed E-state index contributed by atoms with van der Waals surface area (Å²) in [6.07, 6.45) is 1.18. The molecule has 0 saturated carbocycles. The minimum atomic E-state index is -0.529. The Bertz CT molecular complexity index is 815. The molecule has 0 fully saturated rings. The molecule has 2 aromatic carbocycles. The van der Waals surface area contributed by atoms with Gasteiger partial charge >= 0.3 is 0 Å². The van der Waals surface area contributed by atoms with Crippen molar-refractivity contribution in [3.63, 3.8) is 0 Å². The highest BCUT2D eigenvalue weighted by Gasteiger charge is 2.27. The molecule has 2 amide bonds. The smallest absolute Gasteiger partial charge is 0.242 e. The number of nitrogens with one attached hydrogen (secondary N) is 1. The third kappa shape index (κ3) is 7.03. The van der Waals surface area contributed by atoms with Crippen LogP contribution in [0.25, 0.3) is 0 Å². The van der Waals surface area contributed by atoms with Crippen LogP contribution in [-0.2, 0) is 21.8 Å². The van der Waals surface area contributed by atoms with Gasteiger partial charge in [-0.1, -0.05) is 54.9 Å². The molecule has 0 aliphatic carbocycles. The fourth-order valence-corrected chi connectivity index (χ4v) is 4.43. The number of amides is 2. The highest BCUT2D eigenvalue weighted by Crippen LogP contribution is 2.24. The van der Waals surface area contributed by atoms with Crippen LogP contribution in [0.2, 0.25) is 5.02 Å². The summed E-state index contributed by atoms with van der Waals surface area (Å²) in [5, 5.41) is 3.17. The largest absolute Gasteiger partial charge is 0.355 e. The van der Waals surface area contributed by atoms with Gasteiger partial charge in [-0.15, -0.1) is 11.8 Å². The quantitative estimate of drug-likeness (QED) is 0.540. The number of nitrogens with zero attached hydrogens (tertiary/aromatic N) is 1. The molecule has 1 unspecified atom stereocenters. The summed E-state index contributed by atoms with van der Waals surface area (Å²) in [7, 11) is 0. The zero-order chi connectivity index (χ0) is 21.9. The number of benzene rings is 2. The van der Waals surface area contributed by atoms with Crippen molar-refractivity contribution in [1.82, 2.24) is 10.2 Å². The zero-order valence-corrected chi connectivity index (χ0v) is 18.9. The number of halogens is 2.